The summed E-state index contributed by atoms with van der Waals surface area (Å²) in [5.41, 5.74) is 6.68. The van der Waals surface area contributed by atoms with E-state index in [4.69, 9.17) is 9.84 Å². The maximum Gasteiger partial charge on any atom is 0.323 e. The molecule has 39 heavy (non-hydrogen) atoms. The first-order valence-electron chi connectivity index (χ1n) is 13.2. The van der Waals surface area contributed by atoms with Crippen LogP contribution in [0.2, 0.25) is 0 Å². The maximum atomic E-state index is 14.2. The first kappa shape index (κ1) is 24.6. The molecule has 7 heteroatoms. The number of nitrogens with zero attached hydrogens (tertiary/aromatic N) is 4. The molecule has 5 aromatic rings. The van der Waals surface area contributed by atoms with Crippen LogP contribution in [0.3, 0.4) is 0 Å². The van der Waals surface area contributed by atoms with E-state index in [1.54, 1.807) is 7.11 Å². The van der Waals surface area contributed by atoms with Gasteiger partial charge in [0.05, 0.1) is 42.5 Å². The molecule has 0 fully saturated rings. The molecule has 0 bridgehead atoms. The number of hydrogen-bond acceptors (Lipinski definition) is 3. The lowest BCUT2D eigenvalue weighted by Gasteiger charge is -2.31. The Hall–Kier alpha value is -4.78. The van der Waals surface area contributed by atoms with Crippen LogP contribution in [-0.2, 0) is 13.0 Å². The molecule has 1 atom stereocenters. The smallest absolute Gasteiger partial charge is 0.323 e. The minimum absolute atomic E-state index is 0.206. The molecule has 0 radical (unpaired) electrons. The largest absolute Gasteiger partial charge is 0.495 e. The Morgan fingerprint density at radius 1 is 1.00 bits per heavy atom. The van der Waals surface area contributed by atoms with Gasteiger partial charge in [-0.3, -0.25) is 0 Å². The summed E-state index contributed by atoms with van der Waals surface area (Å²) in [6, 6.07) is 29.7. The van der Waals surface area contributed by atoms with Crippen molar-refractivity contribution in [2.45, 2.75) is 32.9 Å². The van der Waals surface area contributed by atoms with Crippen molar-refractivity contribution in [2.24, 2.45) is 0 Å². The van der Waals surface area contributed by atoms with Gasteiger partial charge in [0.2, 0.25) is 0 Å². The number of anilines is 1. The van der Waals surface area contributed by atoms with Crippen LogP contribution >= 0.6 is 0 Å². The molecule has 0 spiro atoms. The third-order valence-corrected chi connectivity index (χ3v) is 7.28. The van der Waals surface area contributed by atoms with E-state index < -0.39 is 0 Å². The number of aromatic nitrogens is 3. The SMILES string of the molecule is CCc1nn(-c2ccccc2)c2c1CN(C(=O)Nc1cc(C)ccc1OC)C(c1ccccc1)c1cccn1-2. The summed E-state index contributed by atoms with van der Waals surface area (Å²) in [7, 11) is 1.61. The lowest BCUT2D eigenvalue weighted by atomic mass is 10.0. The van der Waals surface area contributed by atoms with Crippen LogP contribution < -0.4 is 10.1 Å². The van der Waals surface area contributed by atoms with E-state index in [0.717, 1.165) is 46.0 Å². The monoisotopic (exact) mass is 517 g/mol. The van der Waals surface area contributed by atoms with Gasteiger partial charge in [-0.15, -0.1) is 0 Å². The van der Waals surface area contributed by atoms with Gasteiger partial charge in [-0.1, -0.05) is 61.5 Å². The zero-order valence-corrected chi connectivity index (χ0v) is 22.3. The second-order valence-electron chi connectivity index (χ2n) is 9.73. The second-order valence-corrected chi connectivity index (χ2v) is 9.73. The topological polar surface area (TPSA) is 64.3 Å². The summed E-state index contributed by atoms with van der Waals surface area (Å²) in [6.07, 6.45) is 2.81. The zero-order chi connectivity index (χ0) is 26.9. The Labute approximate surface area is 228 Å². The molecule has 2 aromatic heterocycles. The van der Waals surface area contributed by atoms with Gasteiger partial charge in [-0.25, -0.2) is 9.48 Å². The highest BCUT2D eigenvalue weighted by Gasteiger charge is 2.36. The number of urea groups is 1. The van der Waals surface area contributed by atoms with Gasteiger partial charge >= 0.3 is 6.03 Å². The van der Waals surface area contributed by atoms with E-state index in [2.05, 4.69) is 53.3 Å². The standard InChI is InChI=1S/C32H31N5O2/c1-4-26-25-21-36(32(38)33-27-20-22(2)17-18-29(27)39-3)30(23-12-7-5-8-13-23)28-16-11-19-35(28)31(25)37(34-26)24-14-9-6-10-15-24/h5-20,30H,4,21H2,1-3H3,(H,33,38). The fourth-order valence-electron chi connectivity index (χ4n) is 5.44. The number of nitrogens with one attached hydrogen (secondary N) is 1. The molecule has 0 saturated heterocycles. The van der Waals surface area contributed by atoms with Crippen LogP contribution in [0.5, 0.6) is 5.75 Å². The first-order chi connectivity index (χ1) is 19.1. The molecule has 6 rings (SSSR count). The molecule has 1 N–H and O–H groups in total. The number of ether oxygens (including phenoxy) is 1. The van der Waals surface area contributed by atoms with Crippen molar-refractivity contribution < 1.29 is 9.53 Å². The Bertz CT molecular complexity index is 1620. The summed E-state index contributed by atoms with van der Waals surface area (Å²) in [6.45, 7) is 4.50. The van der Waals surface area contributed by atoms with E-state index in [-0.39, 0.29) is 12.1 Å². The molecule has 0 aliphatic carbocycles. The van der Waals surface area contributed by atoms with Crippen molar-refractivity contribution in [1.29, 1.82) is 0 Å². The minimum atomic E-state index is -0.321. The van der Waals surface area contributed by atoms with Crippen molar-refractivity contribution in [2.75, 3.05) is 12.4 Å². The molecular formula is C32H31N5O2. The van der Waals surface area contributed by atoms with Gasteiger partial charge < -0.3 is 19.5 Å². The number of rotatable bonds is 5. The molecule has 7 nitrogen and oxygen atoms in total. The number of hydrogen-bond donors (Lipinski definition) is 1. The number of fused-ring (bicyclic) bond motifs is 3. The van der Waals surface area contributed by atoms with Crippen molar-refractivity contribution in [3.63, 3.8) is 0 Å². The van der Waals surface area contributed by atoms with Crippen molar-refractivity contribution in [1.82, 2.24) is 19.2 Å². The van der Waals surface area contributed by atoms with Gasteiger partial charge in [0.25, 0.3) is 0 Å². The highest BCUT2D eigenvalue weighted by atomic mass is 16.5. The van der Waals surface area contributed by atoms with Crippen LogP contribution in [0.15, 0.2) is 97.2 Å². The molecule has 1 unspecified atom stereocenters. The summed E-state index contributed by atoms with van der Waals surface area (Å²) < 4.78 is 9.75. The maximum absolute atomic E-state index is 14.2. The summed E-state index contributed by atoms with van der Waals surface area (Å²) in [4.78, 5) is 16.1. The van der Waals surface area contributed by atoms with Crippen molar-refractivity contribution in [3.8, 4) is 17.3 Å². The van der Waals surface area contributed by atoms with Crippen molar-refractivity contribution >= 4 is 11.7 Å². The average Bonchev–Trinajstić information content (AvgIpc) is 3.55. The Kier molecular flexibility index (Phi) is 6.40. The number of benzene rings is 3. The predicted octanol–water partition coefficient (Wildman–Crippen LogP) is 6.68. The Morgan fingerprint density at radius 2 is 1.74 bits per heavy atom. The Balaban J connectivity index is 1.54. The van der Waals surface area contributed by atoms with Gasteiger partial charge in [0.15, 0.2) is 0 Å². The van der Waals surface area contributed by atoms with Crippen LogP contribution in [0.25, 0.3) is 11.5 Å². The number of para-hydroxylation sites is 1. The molecule has 3 heterocycles. The van der Waals surface area contributed by atoms with E-state index in [0.29, 0.717) is 18.0 Å². The molecule has 1 aliphatic rings. The quantitative estimate of drug-likeness (QED) is 0.283. The number of carbonyl (C=O) groups excluding carboxylic acids is 1. The normalized spacial score (nSPS) is 14.3. The number of methoxy groups -OCH3 is 1. The van der Waals surface area contributed by atoms with Crippen LogP contribution in [0, 0.1) is 6.92 Å². The minimum Gasteiger partial charge on any atom is -0.495 e. The van der Waals surface area contributed by atoms with Crippen LogP contribution in [0.1, 0.15) is 41.0 Å². The molecule has 1 aliphatic heterocycles. The van der Waals surface area contributed by atoms with E-state index in [1.165, 1.54) is 0 Å². The van der Waals surface area contributed by atoms with Crippen molar-refractivity contribution in [3.05, 3.63) is 125 Å². The van der Waals surface area contributed by atoms with Crippen LogP contribution in [-0.4, -0.2) is 32.4 Å². The first-order valence-corrected chi connectivity index (χ1v) is 13.2. The highest BCUT2D eigenvalue weighted by Crippen LogP contribution is 2.39. The number of amides is 2. The third kappa shape index (κ3) is 4.36. The summed E-state index contributed by atoms with van der Waals surface area (Å²) in [5.74, 6) is 1.58. The van der Waals surface area contributed by atoms with Gasteiger partial charge in [-0.2, -0.15) is 5.10 Å². The van der Waals surface area contributed by atoms with E-state index in [9.17, 15) is 4.79 Å². The average molecular weight is 518 g/mol. The van der Waals surface area contributed by atoms with Crippen LogP contribution in [0.4, 0.5) is 10.5 Å². The summed E-state index contributed by atoms with van der Waals surface area (Å²) in [5, 5.41) is 8.19. The summed E-state index contributed by atoms with van der Waals surface area (Å²) >= 11 is 0. The highest BCUT2D eigenvalue weighted by molar-refractivity contribution is 5.92. The lowest BCUT2D eigenvalue weighted by Crippen LogP contribution is -2.38. The zero-order valence-electron chi connectivity index (χ0n) is 22.3. The third-order valence-electron chi connectivity index (χ3n) is 7.28. The van der Waals surface area contributed by atoms with Gasteiger partial charge in [-0.05, 0) is 60.9 Å². The lowest BCUT2D eigenvalue weighted by molar-refractivity contribution is 0.194. The Morgan fingerprint density at radius 3 is 2.46 bits per heavy atom. The molecule has 3 aromatic carbocycles. The predicted molar refractivity (Wildman–Crippen MR) is 153 cm³/mol. The molecular weight excluding hydrogens is 486 g/mol. The second kappa shape index (κ2) is 10.2. The van der Waals surface area contributed by atoms with E-state index >= 15 is 0 Å². The number of carbonyl (C=O) groups is 1. The molecule has 196 valence electrons. The fraction of sp³-hybridized carbons (Fsp3) is 0.188. The van der Waals surface area contributed by atoms with E-state index in [1.807, 2.05) is 77.2 Å². The fourth-order valence-corrected chi connectivity index (χ4v) is 5.44. The number of aryl methyl sites for hydroxylation is 2. The molecule has 0 saturated carbocycles. The van der Waals surface area contributed by atoms with Gasteiger partial charge in [0, 0.05) is 11.8 Å². The van der Waals surface area contributed by atoms with Gasteiger partial charge in [0.1, 0.15) is 11.6 Å². The molecule has 2 amide bonds.